The highest BCUT2D eigenvalue weighted by Crippen LogP contribution is 2.41. The Labute approximate surface area is 186 Å². The molecule has 0 N–H and O–H groups in total. The van der Waals surface area contributed by atoms with E-state index in [1.165, 1.54) is 30.5 Å². The highest BCUT2D eigenvalue weighted by atomic mass is 16.2. The van der Waals surface area contributed by atoms with Crippen LogP contribution in [0.4, 0.5) is 0 Å². The first kappa shape index (κ1) is 21.8. The predicted octanol–water partition coefficient (Wildman–Crippen LogP) is 4.50. The largest absolute Gasteiger partial charge is 0.339 e. The number of rotatable bonds is 6. The molecule has 2 aromatic rings. The monoisotopic (exact) mass is 421 g/mol. The van der Waals surface area contributed by atoms with E-state index in [-0.39, 0.29) is 17.2 Å². The molecule has 1 aromatic heterocycles. The summed E-state index contributed by atoms with van der Waals surface area (Å²) in [5.41, 5.74) is 4.05. The van der Waals surface area contributed by atoms with Gasteiger partial charge in [0, 0.05) is 44.4 Å². The van der Waals surface area contributed by atoms with E-state index in [0.717, 1.165) is 56.7 Å². The van der Waals surface area contributed by atoms with Crippen LogP contribution >= 0.6 is 0 Å². The molecule has 0 bridgehead atoms. The highest BCUT2D eigenvalue weighted by molar-refractivity contribution is 5.94. The van der Waals surface area contributed by atoms with Gasteiger partial charge in [0.25, 0.3) is 5.91 Å². The SMILES string of the molecule is CCCCCc1ccc(C(=O)N2CCC3(CC2)c2ccc(C(C)=O)n2CCN3C)cc1. The van der Waals surface area contributed by atoms with E-state index in [1.807, 2.05) is 23.1 Å². The van der Waals surface area contributed by atoms with E-state index in [0.29, 0.717) is 0 Å². The van der Waals surface area contributed by atoms with Crippen LogP contribution in [0, 0.1) is 0 Å². The number of nitrogens with zero attached hydrogens (tertiary/aromatic N) is 3. The predicted molar refractivity (Wildman–Crippen MR) is 124 cm³/mol. The first-order valence-corrected chi connectivity index (χ1v) is 11.8. The molecule has 3 heterocycles. The number of aryl methyl sites for hydroxylation is 1. The minimum absolute atomic E-state index is 0.0914. The Bertz CT molecular complexity index is 936. The van der Waals surface area contributed by atoms with Gasteiger partial charge in [0.05, 0.1) is 11.2 Å². The molecule has 5 heteroatoms. The molecule has 1 amide bonds. The van der Waals surface area contributed by atoms with E-state index < -0.39 is 0 Å². The zero-order chi connectivity index (χ0) is 22.0. The summed E-state index contributed by atoms with van der Waals surface area (Å²) in [7, 11) is 2.18. The smallest absolute Gasteiger partial charge is 0.253 e. The van der Waals surface area contributed by atoms with Gasteiger partial charge in [0.15, 0.2) is 5.78 Å². The molecule has 4 rings (SSSR count). The van der Waals surface area contributed by atoms with Crippen molar-refractivity contribution in [2.45, 2.75) is 64.5 Å². The number of likely N-dealkylation sites (N-methyl/N-ethyl adjacent to an activating group) is 1. The average Bonchev–Trinajstić information content (AvgIpc) is 3.23. The van der Waals surface area contributed by atoms with Crippen molar-refractivity contribution in [1.82, 2.24) is 14.4 Å². The van der Waals surface area contributed by atoms with Gasteiger partial charge in [-0.2, -0.15) is 0 Å². The van der Waals surface area contributed by atoms with Gasteiger partial charge < -0.3 is 9.47 Å². The second-order valence-corrected chi connectivity index (χ2v) is 9.21. The molecule has 31 heavy (non-hydrogen) atoms. The Hall–Kier alpha value is -2.40. The molecule has 1 spiro atoms. The fourth-order valence-corrected chi connectivity index (χ4v) is 5.38. The molecule has 1 aromatic carbocycles. The lowest BCUT2D eigenvalue weighted by molar-refractivity contribution is 0.0128. The van der Waals surface area contributed by atoms with E-state index in [1.54, 1.807) is 6.92 Å². The lowest BCUT2D eigenvalue weighted by atomic mass is 9.81. The van der Waals surface area contributed by atoms with Gasteiger partial charge in [-0.1, -0.05) is 31.9 Å². The number of hydrogen-bond donors (Lipinski definition) is 0. The van der Waals surface area contributed by atoms with Crippen molar-refractivity contribution in [3.8, 4) is 0 Å². The fourth-order valence-electron chi connectivity index (χ4n) is 5.38. The summed E-state index contributed by atoms with van der Waals surface area (Å²) >= 11 is 0. The van der Waals surface area contributed by atoms with Gasteiger partial charge >= 0.3 is 0 Å². The van der Waals surface area contributed by atoms with Gasteiger partial charge in [0.2, 0.25) is 0 Å². The average molecular weight is 422 g/mol. The molecular formula is C26H35N3O2. The lowest BCUT2D eigenvalue weighted by Gasteiger charge is -2.50. The Morgan fingerprint density at radius 2 is 1.65 bits per heavy atom. The van der Waals surface area contributed by atoms with Crippen molar-refractivity contribution in [1.29, 1.82) is 0 Å². The number of aromatic nitrogens is 1. The zero-order valence-corrected chi connectivity index (χ0v) is 19.2. The first-order valence-electron chi connectivity index (χ1n) is 11.8. The first-order chi connectivity index (χ1) is 15.0. The summed E-state index contributed by atoms with van der Waals surface area (Å²) in [5, 5.41) is 0. The van der Waals surface area contributed by atoms with Crippen molar-refractivity contribution >= 4 is 11.7 Å². The molecule has 1 fully saturated rings. The molecule has 0 aliphatic carbocycles. The van der Waals surface area contributed by atoms with Crippen LogP contribution in [0.1, 0.15) is 78.1 Å². The molecule has 2 aliphatic rings. The maximum atomic E-state index is 13.1. The molecule has 2 aliphatic heterocycles. The minimum atomic E-state index is -0.0914. The Morgan fingerprint density at radius 3 is 2.29 bits per heavy atom. The molecule has 1 saturated heterocycles. The number of ketones is 1. The molecular weight excluding hydrogens is 386 g/mol. The third-order valence-electron chi connectivity index (χ3n) is 7.36. The van der Waals surface area contributed by atoms with Crippen molar-refractivity contribution in [3.63, 3.8) is 0 Å². The maximum Gasteiger partial charge on any atom is 0.253 e. The minimum Gasteiger partial charge on any atom is -0.339 e. The Balaban J connectivity index is 1.45. The van der Waals surface area contributed by atoms with Crippen LogP contribution in [0.25, 0.3) is 0 Å². The Morgan fingerprint density at radius 1 is 0.935 bits per heavy atom. The number of piperidine rings is 1. The van der Waals surface area contributed by atoms with Crippen molar-refractivity contribution in [3.05, 3.63) is 58.9 Å². The molecule has 0 saturated carbocycles. The normalized spacial score (nSPS) is 18.2. The van der Waals surface area contributed by atoms with Gasteiger partial charge in [0.1, 0.15) is 0 Å². The number of benzene rings is 1. The van der Waals surface area contributed by atoms with Crippen molar-refractivity contribution < 1.29 is 9.59 Å². The third kappa shape index (κ3) is 4.08. The fraction of sp³-hybridized carbons (Fsp3) is 0.538. The molecule has 5 nitrogen and oxygen atoms in total. The molecule has 0 unspecified atom stereocenters. The second kappa shape index (κ2) is 8.99. The summed E-state index contributed by atoms with van der Waals surface area (Å²) in [5.74, 6) is 0.255. The zero-order valence-electron chi connectivity index (χ0n) is 19.2. The molecule has 166 valence electrons. The summed E-state index contributed by atoms with van der Waals surface area (Å²) in [6.45, 7) is 7.11. The van der Waals surface area contributed by atoms with Crippen LogP contribution in [0.15, 0.2) is 36.4 Å². The lowest BCUT2D eigenvalue weighted by Crippen LogP contribution is -2.56. The van der Waals surface area contributed by atoms with Crippen LogP contribution in [-0.2, 0) is 18.5 Å². The van der Waals surface area contributed by atoms with Crippen LogP contribution in [0.2, 0.25) is 0 Å². The number of amides is 1. The third-order valence-corrected chi connectivity index (χ3v) is 7.36. The number of Topliss-reactive ketones (excluding diaryl/α,β-unsaturated/α-hetero) is 1. The van der Waals surface area contributed by atoms with Crippen molar-refractivity contribution in [2.24, 2.45) is 0 Å². The maximum absolute atomic E-state index is 13.1. The van der Waals surface area contributed by atoms with Gasteiger partial charge in [-0.05, 0) is 62.6 Å². The molecule has 0 atom stereocenters. The summed E-state index contributed by atoms with van der Waals surface area (Å²) in [6.07, 6.45) is 6.56. The van der Waals surface area contributed by atoms with Crippen molar-refractivity contribution in [2.75, 3.05) is 26.7 Å². The summed E-state index contributed by atoms with van der Waals surface area (Å²) in [6, 6.07) is 12.3. The molecule has 0 radical (unpaired) electrons. The van der Waals surface area contributed by atoms with E-state index in [4.69, 9.17) is 0 Å². The van der Waals surface area contributed by atoms with Crippen LogP contribution in [0.3, 0.4) is 0 Å². The van der Waals surface area contributed by atoms with Gasteiger partial charge in [-0.3, -0.25) is 14.5 Å². The van der Waals surface area contributed by atoms with Crippen LogP contribution < -0.4 is 0 Å². The van der Waals surface area contributed by atoms with E-state index in [9.17, 15) is 9.59 Å². The van der Waals surface area contributed by atoms with Crippen LogP contribution in [-0.4, -0.2) is 52.7 Å². The van der Waals surface area contributed by atoms with Gasteiger partial charge in [-0.25, -0.2) is 0 Å². The number of hydrogen-bond acceptors (Lipinski definition) is 3. The van der Waals surface area contributed by atoms with E-state index in [2.05, 4.69) is 41.6 Å². The standard InChI is InChI=1S/C26H35N3O2/c1-4-5-6-7-21-8-10-22(11-9-21)25(31)28-16-14-26(15-17-28)24-13-12-23(20(2)30)29(24)19-18-27(26)3/h8-13H,4-7,14-19H2,1-3H3. The summed E-state index contributed by atoms with van der Waals surface area (Å²) in [4.78, 5) is 29.6. The highest BCUT2D eigenvalue weighted by Gasteiger charge is 2.45. The Kier molecular flexibility index (Phi) is 6.33. The number of likely N-dealkylation sites (tertiary alicyclic amines) is 1. The second-order valence-electron chi connectivity index (χ2n) is 9.21. The number of unbranched alkanes of at least 4 members (excludes halogenated alkanes) is 2. The number of carbonyl (C=O) groups is 2. The van der Waals surface area contributed by atoms with E-state index >= 15 is 0 Å². The quantitative estimate of drug-likeness (QED) is 0.510. The van der Waals surface area contributed by atoms with Crippen LogP contribution in [0.5, 0.6) is 0 Å². The summed E-state index contributed by atoms with van der Waals surface area (Å²) < 4.78 is 2.21. The topological polar surface area (TPSA) is 45.6 Å². The van der Waals surface area contributed by atoms with Gasteiger partial charge in [-0.15, -0.1) is 0 Å². The number of fused-ring (bicyclic) bond motifs is 2. The number of carbonyl (C=O) groups excluding carboxylic acids is 2.